The van der Waals surface area contributed by atoms with Gasteiger partial charge in [-0.25, -0.2) is 0 Å². The smallest absolute Gasteiger partial charge is 0.265 e. The molecule has 25 heavy (non-hydrogen) atoms. The van der Waals surface area contributed by atoms with E-state index in [2.05, 4.69) is 29.5 Å². The first-order chi connectivity index (χ1) is 12.1. The summed E-state index contributed by atoms with van der Waals surface area (Å²) in [5.41, 5.74) is 4.34. The van der Waals surface area contributed by atoms with Crippen molar-refractivity contribution in [2.24, 2.45) is 0 Å². The second-order valence-corrected chi connectivity index (χ2v) is 6.01. The molecule has 2 aromatic carbocycles. The van der Waals surface area contributed by atoms with Crippen molar-refractivity contribution in [1.29, 1.82) is 0 Å². The number of anilines is 1. The first-order valence-corrected chi connectivity index (χ1v) is 8.55. The van der Waals surface area contributed by atoms with Gasteiger partial charge in [-0.3, -0.25) is 4.79 Å². The van der Waals surface area contributed by atoms with E-state index >= 15 is 0 Å². The lowest BCUT2D eigenvalue weighted by atomic mass is 10.0. The van der Waals surface area contributed by atoms with Crippen LogP contribution in [0.5, 0.6) is 0 Å². The molecule has 1 heterocycles. The molecule has 0 radical (unpaired) electrons. The van der Waals surface area contributed by atoms with Crippen LogP contribution in [0.3, 0.4) is 0 Å². The van der Waals surface area contributed by atoms with E-state index in [1.165, 1.54) is 4.85 Å². The average Bonchev–Trinajstić information content (AvgIpc) is 3.02. The molecule has 0 atom stereocenters. The van der Waals surface area contributed by atoms with Crippen LogP contribution in [0.1, 0.15) is 25.0 Å². The third kappa shape index (κ3) is 3.74. The van der Waals surface area contributed by atoms with Gasteiger partial charge in [0.15, 0.2) is 6.61 Å². The van der Waals surface area contributed by atoms with Crippen LogP contribution in [0.4, 0.5) is 5.69 Å². The Hall–Kier alpha value is -2.60. The highest BCUT2D eigenvalue weighted by Gasteiger charge is 2.12. The fourth-order valence-corrected chi connectivity index (χ4v) is 2.83. The minimum Gasteiger partial charge on any atom is -0.385 e. The first-order valence-electron chi connectivity index (χ1n) is 8.17. The Morgan fingerprint density at radius 1 is 1.20 bits per heavy atom. The summed E-state index contributed by atoms with van der Waals surface area (Å²) in [6.45, 7) is 3.95. The number of hydrogen-bond acceptors (Lipinski definition) is 4. The maximum atomic E-state index is 12.3. The highest BCUT2D eigenvalue weighted by molar-refractivity contribution is 6.31. The Morgan fingerprint density at radius 3 is 2.60 bits per heavy atom. The minimum absolute atomic E-state index is 0.174. The zero-order valence-electron chi connectivity index (χ0n) is 14.1. The lowest BCUT2D eigenvalue weighted by Gasteiger charge is -2.14. The van der Waals surface area contributed by atoms with Gasteiger partial charge in [0.25, 0.3) is 5.91 Å². The predicted octanol–water partition coefficient (Wildman–Crippen LogP) is 3.28. The lowest BCUT2D eigenvalue weighted by Crippen LogP contribution is -2.27. The van der Waals surface area contributed by atoms with Crippen molar-refractivity contribution < 1.29 is 9.63 Å². The number of carbonyl (C=O) groups is 1. The molecule has 1 N–H and O–H groups in total. The zero-order valence-corrected chi connectivity index (χ0v) is 14.9. The second kappa shape index (κ2) is 7.53. The summed E-state index contributed by atoms with van der Waals surface area (Å²) >= 11 is 5.98. The van der Waals surface area contributed by atoms with Crippen LogP contribution in [0.25, 0.3) is 11.0 Å². The number of rotatable bonds is 6. The number of aryl methyl sites for hydroxylation is 2. The molecule has 0 fully saturated rings. The van der Waals surface area contributed by atoms with Gasteiger partial charge in [0.2, 0.25) is 0 Å². The van der Waals surface area contributed by atoms with Gasteiger partial charge < -0.3 is 10.2 Å². The van der Waals surface area contributed by atoms with Crippen LogP contribution in [-0.2, 0) is 17.6 Å². The molecule has 7 heteroatoms. The van der Waals surface area contributed by atoms with Crippen LogP contribution in [-0.4, -0.2) is 27.7 Å². The van der Waals surface area contributed by atoms with E-state index in [1.54, 1.807) is 18.2 Å². The second-order valence-electron chi connectivity index (χ2n) is 5.58. The topological polar surface area (TPSA) is 69.0 Å². The standard InChI is InChI=1S/C18H19ClN4O2/c1-3-12-6-5-7-13(4-2)18(12)20-17(24)11-25-23-16-10-14(19)8-9-15(16)21-22-23/h5-10H,3-4,11H2,1-2H3,(H,20,24). The minimum atomic E-state index is -0.249. The van der Waals surface area contributed by atoms with Crippen molar-refractivity contribution in [3.63, 3.8) is 0 Å². The van der Waals surface area contributed by atoms with Crippen LogP contribution in [0, 0.1) is 0 Å². The summed E-state index contributed by atoms with van der Waals surface area (Å²) in [6.07, 6.45) is 1.69. The Kier molecular flexibility index (Phi) is 5.19. The molecule has 0 saturated heterocycles. The fraction of sp³-hybridized carbons (Fsp3) is 0.278. The normalized spacial score (nSPS) is 10.8. The summed E-state index contributed by atoms with van der Waals surface area (Å²) in [5, 5.41) is 11.4. The lowest BCUT2D eigenvalue weighted by molar-refractivity contribution is -0.121. The quantitative estimate of drug-likeness (QED) is 0.734. The number of nitrogens with one attached hydrogen (secondary N) is 1. The number of fused-ring (bicyclic) bond motifs is 1. The maximum absolute atomic E-state index is 12.3. The van der Waals surface area contributed by atoms with E-state index in [-0.39, 0.29) is 12.5 Å². The number of aromatic nitrogens is 3. The van der Waals surface area contributed by atoms with E-state index in [0.717, 1.165) is 29.7 Å². The molecule has 130 valence electrons. The summed E-state index contributed by atoms with van der Waals surface area (Å²) < 4.78 is 0. The molecule has 0 aliphatic heterocycles. The van der Waals surface area contributed by atoms with Crippen LogP contribution in [0.15, 0.2) is 36.4 Å². The maximum Gasteiger partial charge on any atom is 0.265 e. The number of nitrogens with zero attached hydrogens (tertiary/aromatic N) is 3. The molecule has 0 spiro atoms. The molecule has 0 aliphatic rings. The zero-order chi connectivity index (χ0) is 17.8. The van der Waals surface area contributed by atoms with Gasteiger partial charge in [-0.15, -0.1) is 5.10 Å². The molecule has 0 unspecified atom stereocenters. The van der Waals surface area contributed by atoms with E-state index in [9.17, 15) is 4.79 Å². The van der Waals surface area contributed by atoms with E-state index in [1.807, 2.05) is 18.2 Å². The molecule has 1 amide bonds. The van der Waals surface area contributed by atoms with Crippen molar-refractivity contribution in [2.75, 3.05) is 11.9 Å². The number of amides is 1. The first kappa shape index (κ1) is 17.2. The molecule has 1 aromatic heterocycles. The van der Waals surface area contributed by atoms with E-state index < -0.39 is 0 Å². The molecule has 6 nitrogen and oxygen atoms in total. The van der Waals surface area contributed by atoms with Gasteiger partial charge >= 0.3 is 0 Å². The Morgan fingerprint density at radius 2 is 1.92 bits per heavy atom. The van der Waals surface area contributed by atoms with Crippen LogP contribution < -0.4 is 10.2 Å². The Labute approximate surface area is 150 Å². The van der Waals surface area contributed by atoms with Crippen molar-refractivity contribution >= 4 is 34.2 Å². The number of carbonyl (C=O) groups excluding carboxylic acids is 1. The summed E-state index contributed by atoms with van der Waals surface area (Å²) in [7, 11) is 0. The molecule has 3 rings (SSSR count). The number of para-hydroxylation sites is 1. The van der Waals surface area contributed by atoms with Crippen molar-refractivity contribution in [3.8, 4) is 0 Å². The largest absolute Gasteiger partial charge is 0.385 e. The van der Waals surface area contributed by atoms with E-state index in [0.29, 0.717) is 16.1 Å². The molecule has 3 aromatic rings. The highest BCUT2D eigenvalue weighted by atomic mass is 35.5. The predicted molar refractivity (Wildman–Crippen MR) is 97.8 cm³/mol. The van der Waals surface area contributed by atoms with Gasteiger partial charge in [-0.05, 0) is 47.4 Å². The number of halogens is 1. The summed E-state index contributed by atoms with van der Waals surface area (Å²) in [6, 6.07) is 11.2. The van der Waals surface area contributed by atoms with E-state index in [4.69, 9.17) is 16.4 Å². The fourth-order valence-electron chi connectivity index (χ4n) is 2.67. The van der Waals surface area contributed by atoms with Crippen LogP contribution in [0.2, 0.25) is 5.02 Å². The van der Waals surface area contributed by atoms with Gasteiger partial charge in [-0.2, -0.15) is 0 Å². The molecule has 0 saturated carbocycles. The monoisotopic (exact) mass is 358 g/mol. The third-order valence-corrected chi connectivity index (χ3v) is 4.19. The summed E-state index contributed by atoms with van der Waals surface area (Å²) in [4.78, 5) is 19.0. The Balaban J connectivity index is 1.72. The van der Waals surface area contributed by atoms with Gasteiger partial charge in [-0.1, -0.05) is 48.5 Å². The molecule has 0 aliphatic carbocycles. The van der Waals surface area contributed by atoms with Gasteiger partial charge in [0.1, 0.15) is 11.0 Å². The average molecular weight is 359 g/mol. The highest BCUT2D eigenvalue weighted by Crippen LogP contribution is 2.22. The molecule has 0 bridgehead atoms. The van der Waals surface area contributed by atoms with Crippen molar-refractivity contribution in [3.05, 3.63) is 52.5 Å². The van der Waals surface area contributed by atoms with Gasteiger partial charge in [0, 0.05) is 10.7 Å². The van der Waals surface area contributed by atoms with Crippen molar-refractivity contribution in [1.82, 2.24) is 15.2 Å². The Bertz CT molecular complexity index is 885. The number of hydrogen-bond donors (Lipinski definition) is 1. The van der Waals surface area contributed by atoms with Gasteiger partial charge in [0.05, 0.1) is 0 Å². The summed E-state index contributed by atoms with van der Waals surface area (Å²) in [5.74, 6) is -0.249. The van der Waals surface area contributed by atoms with Crippen molar-refractivity contribution in [2.45, 2.75) is 26.7 Å². The third-order valence-electron chi connectivity index (χ3n) is 3.96. The molecular weight excluding hydrogens is 340 g/mol. The number of benzene rings is 2. The SMILES string of the molecule is CCc1cccc(CC)c1NC(=O)COn1nnc2ccc(Cl)cc21. The van der Waals surface area contributed by atoms with Crippen LogP contribution >= 0.6 is 11.6 Å². The molecular formula is C18H19ClN4O2.